The second-order valence-electron chi connectivity index (χ2n) is 6.00. The van der Waals surface area contributed by atoms with Gasteiger partial charge in [0, 0.05) is 5.56 Å². The van der Waals surface area contributed by atoms with Gasteiger partial charge in [0.1, 0.15) is 18.8 Å². The molecule has 0 bridgehead atoms. The van der Waals surface area contributed by atoms with E-state index in [4.69, 9.17) is 4.84 Å². The number of aromatic nitrogens is 2. The number of carbonyl (C=O) groups is 2. The zero-order valence-corrected chi connectivity index (χ0v) is 12.5. The number of imide groups is 1. The fourth-order valence-corrected chi connectivity index (χ4v) is 4.04. The van der Waals surface area contributed by atoms with Crippen LogP contribution in [0.3, 0.4) is 0 Å². The second-order valence-corrected chi connectivity index (χ2v) is 6.00. The Kier molecular flexibility index (Phi) is 2.25. The van der Waals surface area contributed by atoms with Crippen LogP contribution in [0.1, 0.15) is 38.3 Å². The maximum absolute atomic E-state index is 12.4. The van der Waals surface area contributed by atoms with E-state index < -0.39 is 0 Å². The second kappa shape index (κ2) is 4.10. The van der Waals surface area contributed by atoms with Gasteiger partial charge in [0.05, 0.1) is 21.9 Å². The van der Waals surface area contributed by atoms with Gasteiger partial charge in [0.25, 0.3) is 11.8 Å². The van der Waals surface area contributed by atoms with Gasteiger partial charge in [-0.05, 0) is 41.7 Å². The number of hydrogen-bond donors (Lipinski definition) is 2. The fraction of sp³-hybridized carbons (Fsp3) is 0.235. The maximum Gasteiger partial charge on any atom is 0.327 e. The van der Waals surface area contributed by atoms with Crippen molar-refractivity contribution in [3.05, 3.63) is 40.6 Å². The van der Waals surface area contributed by atoms with E-state index in [1.807, 2.05) is 18.3 Å². The van der Waals surface area contributed by atoms with Crippen LogP contribution in [0, 0.1) is 0 Å². The van der Waals surface area contributed by atoms with Crippen molar-refractivity contribution in [2.45, 2.75) is 19.3 Å². The molecule has 1 aromatic carbocycles. The first-order valence-corrected chi connectivity index (χ1v) is 7.64. The van der Waals surface area contributed by atoms with Crippen molar-refractivity contribution in [2.24, 2.45) is 0 Å². The van der Waals surface area contributed by atoms with Gasteiger partial charge in [-0.25, -0.2) is 4.98 Å². The van der Waals surface area contributed by atoms with Crippen molar-refractivity contribution in [3.63, 3.8) is 0 Å². The number of H-pyrrole nitrogens is 1. The molecule has 2 N–H and O–H groups in total. The average molecular weight is 308 g/mol. The maximum atomic E-state index is 12.4. The summed E-state index contributed by atoms with van der Waals surface area (Å²) in [7, 11) is 1.59. The average Bonchev–Trinajstić information content (AvgIpc) is 3.22. The molecule has 114 valence electrons. The molecular formula is C17H14N3O3+. The number of amides is 2. The van der Waals surface area contributed by atoms with Gasteiger partial charge in [-0.2, -0.15) is 0 Å². The Balaban J connectivity index is 2.07. The van der Waals surface area contributed by atoms with Crippen LogP contribution in [-0.4, -0.2) is 23.9 Å². The van der Waals surface area contributed by atoms with Gasteiger partial charge in [-0.1, -0.05) is 0 Å². The lowest BCUT2D eigenvalue weighted by Gasteiger charge is -2.05. The SMILES string of the molecule is CO[n+]1cccc2c3c4c(c5c(c3[nH]c21)CCC5)C(=O)NC4=O. The summed E-state index contributed by atoms with van der Waals surface area (Å²) in [5.74, 6) is -0.576. The van der Waals surface area contributed by atoms with Crippen LogP contribution in [0.15, 0.2) is 18.3 Å². The molecule has 0 saturated carbocycles. The highest BCUT2D eigenvalue weighted by molar-refractivity contribution is 6.30. The molecule has 2 aliphatic rings. The summed E-state index contributed by atoms with van der Waals surface area (Å²) in [6, 6.07) is 3.81. The topological polar surface area (TPSA) is 75.1 Å². The molecule has 0 unspecified atom stereocenters. The highest BCUT2D eigenvalue weighted by atomic mass is 16.6. The van der Waals surface area contributed by atoms with Crippen molar-refractivity contribution in [1.29, 1.82) is 0 Å². The summed E-state index contributed by atoms with van der Waals surface area (Å²) in [4.78, 5) is 33.5. The molecule has 0 fully saturated rings. The van der Waals surface area contributed by atoms with Crippen molar-refractivity contribution in [3.8, 4) is 0 Å². The lowest BCUT2D eigenvalue weighted by molar-refractivity contribution is -0.866. The number of carbonyl (C=O) groups excluding carboxylic acids is 2. The normalized spacial score (nSPS) is 16.0. The summed E-state index contributed by atoms with van der Waals surface area (Å²) in [5.41, 5.74) is 5.00. The van der Waals surface area contributed by atoms with Gasteiger partial charge in [0.15, 0.2) is 0 Å². The largest absolute Gasteiger partial charge is 0.339 e. The van der Waals surface area contributed by atoms with E-state index in [0.29, 0.717) is 11.1 Å². The molecule has 6 nitrogen and oxygen atoms in total. The molecule has 0 spiro atoms. The molecule has 2 amide bonds. The van der Waals surface area contributed by atoms with Crippen molar-refractivity contribution in [1.82, 2.24) is 10.3 Å². The summed E-state index contributed by atoms with van der Waals surface area (Å²) in [6.07, 6.45) is 4.57. The first-order valence-electron chi connectivity index (χ1n) is 7.64. The fourth-order valence-electron chi connectivity index (χ4n) is 4.04. The molecule has 0 saturated heterocycles. The number of nitrogens with one attached hydrogen (secondary N) is 2. The zero-order valence-electron chi connectivity index (χ0n) is 12.5. The Morgan fingerprint density at radius 1 is 1.13 bits per heavy atom. The summed E-state index contributed by atoms with van der Waals surface area (Å²) >= 11 is 0. The number of rotatable bonds is 1. The third kappa shape index (κ3) is 1.40. The number of aromatic amines is 1. The lowest BCUT2D eigenvalue weighted by atomic mass is 9.94. The standard InChI is InChI=1S/C17H13N3O3/c1-23-20-7-3-6-10-11-13-12(16(21)19-17(13)22)8-4-2-5-9(8)14(11)18-15(10)20/h3,6-7H,2,4-5H2,1H3,(H,19,21,22)/p+1. The van der Waals surface area contributed by atoms with Crippen molar-refractivity contribution >= 4 is 33.8 Å². The van der Waals surface area contributed by atoms with Gasteiger partial charge < -0.3 is 4.84 Å². The zero-order chi connectivity index (χ0) is 15.7. The van der Waals surface area contributed by atoms with E-state index in [9.17, 15) is 9.59 Å². The lowest BCUT2D eigenvalue weighted by Crippen LogP contribution is -2.40. The molecule has 6 heteroatoms. The Hall–Kier alpha value is -2.89. The first kappa shape index (κ1) is 12.6. The van der Waals surface area contributed by atoms with E-state index in [0.717, 1.165) is 52.3 Å². The number of pyridine rings is 1. The van der Waals surface area contributed by atoms with E-state index in [1.54, 1.807) is 11.8 Å². The molecule has 5 rings (SSSR count). The Morgan fingerprint density at radius 2 is 1.91 bits per heavy atom. The van der Waals surface area contributed by atoms with Crippen LogP contribution in [0.25, 0.3) is 21.9 Å². The predicted octanol–water partition coefficient (Wildman–Crippen LogP) is 1.04. The van der Waals surface area contributed by atoms with E-state index in [-0.39, 0.29) is 11.8 Å². The Bertz CT molecular complexity index is 1050. The van der Waals surface area contributed by atoms with Crippen LogP contribution in [0.2, 0.25) is 0 Å². The van der Waals surface area contributed by atoms with Crippen LogP contribution in [0.5, 0.6) is 0 Å². The van der Waals surface area contributed by atoms with Crippen LogP contribution in [-0.2, 0) is 12.8 Å². The number of benzene rings is 1. The minimum absolute atomic E-state index is 0.269. The number of nitrogens with zero attached hydrogens (tertiary/aromatic N) is 1. The highest BCUT2D eigenvalue weighted by Crippen LogP contribution is 2.40. The molecule has 1 aliphatic heterocycles. The molecular weight excluding hydrogens is 294 g/mol. The minimum atomic E-state index is -0.307. The number of aryl methyl sites for hydroxylation is 1. The third-order valence-corrected chi connectivity index (χ3v) is 4.92. The third-order valence-electron chi connectivity index (χ3n) is 4.92. The first-order chi connectivity index (χ1) is 11.2. The summed E-state index contributed by atoms with van der Waals surface area (Å²) in [6.45, 7) is 0. The molecule has 0 atom stereocenters. The minimum Gasteiger partial charge on any atom is -0.339 e. The highest BCUT2D eigenvalue weighted by Gasteiger charge is 2.38. The molecule has 1 aliphatic carbocycles. The van der Waals surface area contributed by atoms with Gasteiger partial charge >= 0.3 is 5.65 Å². The quantitative estimate of drug-likeness (QED) is 0.521. The van der Waals surface area contributed by atoms with E-state index in [2.05, 4.69) is 10.3 Å². The molecule has 0 radical (unpaired) electrons. The summed E-state index contributed by atoms with van der Waals surface area (Å²) in [5, 5.41) is 4.17. The molecule has 3 heterocycles. The Morgan fingerprint density at radius 3 is 2.74 bits per heavy atom. The van der Waals surface area contributed by atoms with Gasteiger partial charge in [-0.15, -0.1) is 0 Å². The van der Waals surface area contributed by atoms with Crippen molar-refractivity contribution in [2.75, 3.05) is 7.11 Å². The smallest absolute Gasteiger partial charge is 0.327 e. The van der Waals surface area contributed by atoms with Crippen LogP contribution < -0.4 is 14.9 Å². The van der Waals surface area contributed by atoms with Gasteiger partial charge in [0.2, 0.25) is 0 Å². The van der Waals surface area contributed by atoms with Crippen LogP contribution in [0.4, 0.5) is 0 Å². The van der Waals surface area contributed by atoms with E-state index >= 15 is 0 Å². The van der Waals surface area contributed by atoms with Crippen LogP contribution >= 0.6 is 0 Å². The van der Waals surface area contributed by atoms with Crippen molar-refractivity contribution < 1.29 is 19.2 Å². The summed E-state index contributed by atoms with van der Waals surface area (Å²) < 4.78 is 1.64. The molecule has 23 heavy (non-hydrogen) atoms. The number of fused-ring (bicyclic) bond motifs is 8. The number of hydrogen-bond acceptors (Lipinski definition) is 3. The monoisotopic (exact) mass is 308 g/mol. The van der Waals surface area contributed by atoms with Gasteiger partial charge in [-0.3, -0.25) is 14.9 Å². The molecule has 2 aromatic heterocycles. The Labute approximate surface area is 131 Å². The van der Waals surface area contributed by atoms with E-state index in [1.165, 1.54) is 0 Å². The predicted molar refractivity (Wildman–Crippen MR) is 82.3 cm³/mol. The molecule has 3 aromatic rings.